The second kappa shape index (κ2) is 7.05. The summed E-state index contributed by atoms with van der Waals surface area (Å²) in [5.74, 6) is 0. The molecule has 1 fully saturated rings. The van der Waals surface area contributed by atoms with Crippen molar-refractivity contribution in [3.05, 3.63) is 58.1 Å². The maximum Gasteiger partial charge on any atom is 0.243 e. The van der Waals surface area contributed by atoms with E-state index in [1.165, 1.54) is 22.4 Å². The van der Waals surface area contributed by atoms with E-state index in [0.717, 1.165) is 24.2 Å². The molecule has 3 rings (SSSR count). The number of aryl methyl sites for hydroxylation is 5. The maximum atomic E-state index is 13.0. The van der Waals surface area contributed by atoms with E-state index in [9.17, 15) is 8.42 Å². The fourth-order valence-corrected chi connectivity index (χ4v) is 5.35. The molecule has 0 aromatic heterocycles. The van der Waals surface area contributed by atoms with Gasteiger partial charge in [0, 0.05) is 31.9 Å². The molecule has 0 N–H and O–H groups in total. The highest BCUT2D eigenvalue weighted by atomic mass is 32.2. The molecule has 140 valence electrons. The Bertz CT molecular complexity index is 904. The van der Waals surface area contributed by atoms with Gasteiger partial charge in [-0.1, -0.05) is 23.8 Å². The first-order valence-corrected chi connectivity index (χ1v) is 10.5. The van der Waals surface area contributed by atoms with Gasteiger partial charge < -0.3 is 4.90 Å². The summed E-state index contributed by atoms with van der Waals surface area (Å²) in [7, 11) is -3.43. The molecule has 1 aliphatic rings. The summed E-state index contributed by atoms with van der Waals surface area (Å²) in [5, 5.41) is 0. The summed E-state index contributed by atoms with van der Waals surface area (Å²) in [6.07, 6.45) is 0. The standard InChI is InChI=1S/C21H28N2O2S/c1-15-12-18(4)21(19(5)13-15)22-8-10-23(11-9-22)26(24,25)20-7-6-16(2)17(3)14-20/h6-7,12-14H,8-11H2,1-5H3. The van der Waals surface area contributed by atoms with Crippen molar-refractivity contribution in [3.8, 4) is 0 Å². The lowest BCUT2D eigenvalue weighted by Crippen LogP contribution is -2.49. The Hall–Kier alpha value is -1.85. The molecule has 0 saturated carbocycles. The van der Waals surface area contributed by atoms with Gasteiger partial charge in [0.15, 0.2) is 0 Å². The van der Waals surface area contributed by atoms with Crippen LogP contribution in [0.15, 0.2) is 35.2 Å². The predicted octanol–water partition coefficient (Wildman–Crippen LogP) is 3.74. The zero-order valence-corrected chi connectivity index (χ0v) is 17.2. The molecule has 1 saturated heterocycles. The normalized spacial score (nSPS) is 16.1. The van der Waals surface area contributed by atoms with E-state index in [4.69, 9.17) is 0 Å². The summed E-state index contributed by atoms with van der Waals surface area (Å²) < 4.78 is 27.6. The molecule has 5 heteroatoms. The average molecular weight is 373 g/mol. The first-order chi connectivity index (χ1) is 12.2. The Morgan fingerprint density at radius 3 is 1.85 bits per heavy atom. The van der Waals surface area contributed by atoms with Gasteiger partial charge in [-0.25, -0.2) is 8.42 Å². The molecule has 0 atom stereocenters. The number of rotatable bonds is 3. The van der Waals surface area contributed by atoms with E-state index in [-0.39, 0.29) is 0 Å². The minimum atomic E-state index is -3.43. The number of sulfonamides is 1. The van der Waals surface area contributed by atoms with Crippen molar-refractivity contribution in [2.24, 2.45) is 0 Å². The Labute approximate surface area is 157 Å². The van der Waals surface area contributed by atoms with E-state index in [1.807, 2.05) is 19.9 Å². The van der Waals surface area contributed by atoms with E-state index < -0.39 is 10.0 Å². The Balaban J connectivity index is 1.79. The van der Waals surface area contributed by atoms with E-state index >= 15 is 0 Å². The first kappa shape index (κ1) is 18.9. The van der Waals surface area contributed by atoms with Crippen LogP contribution in [0.25, 0.3) is 0 Å². The minimum absolute atomic E-state index is 0.400. The third-order valence-corrected chi connectivity index (χ3v) is 7.20. The van der Waals surface area contributed by atoms with Crippen molar-refractivity contribution in [3.63, 3.8) is 0 Å². The second-order valence-electron chi connectivity index (χ2n) is 7.38. The average Bonchev–Trinajstić information content (AvgIpc) is 2.57. The molecule has 0 aliphatic carbocycles. The molecule has 0 radical (unpaired) electrons. The minimum Gasteiger partial charge on any atom is -0.368 e. The van der Waals surface area contributed by atoms with Gasteiger partial charge in [-0.3, -0.25) is 0 Å². The van der Waals surface area contributed by atoms with Crippen molar-refractivity contribution < 1.29 is 8.42 Å². The summed E-state index contributed by atoms with van der Waals surface area (Å²) >= 11 is 0. The van der Waals surface area contributed by atoms with Crippen molar-refractivity contribution >= 4 is 15.7 Å². The zero-order valence-electron chi connectivity index (χ0n) is 16.3. The van der Waals surface area contributed by atoms with Crippen LogP contribution in [0.4, 0.5) is 5.69 Å². The van der Waals surface area contributed by atoms with Crippen LogP contribution in [-0.2, 0) is 10.0 Å². The van der Waals surface area contributed by atoms with Crippen LogP contribution in [0.3, 0.4) is 0 Å². The highest BCUT2D eigenvalue weighted by molar-refractivity contribution is 7.89. The monoisotopic (exact) mass is 372 g/mol. The summed E-state index contributed by atoms with van der Waals surface area (Å²) in [5.41, 5.74) is 7.15. The summed E-state index contributed by atoms with van der Waals surface area (Å²) in [6, 6.07) is 9.78. The fourth-order valence-electron chi connectivity index (χ4n) is 3.85. The number of hydrogen-bond acceptors (Lipinski definition) is 3. The molecule has 2 aromatic carbocycles. The first-order valence-electron chi connectivity index (χ1n) is 9.10. The van der Waals surface area contributed by atoms with E-state index in [2.05, 4.69) is 37.8 Å². The number of nitrogens with zero attached hydrogens (tertiary/aromatic N) is 2. The van der Waals surface area contributed by atoms with E-state index in [0.29, 0.717) is 18.0 Å². The van der Waals surface area contributed by atoms with Crippen LogP contribution >= 0.6 is 0 Å². The molecule has 1 heterocycles. The van der Waals surface area contributed by atoms with Crippen LogP contribution in [0, 0.1) is 34.6 Å². The van der Waals surface area contributed by atoms with Gasteiger partial charge in [0.05, 0.1) is 4.90 Å². The molecule has 0 unspecified atom stereocenters. The molecule has 0 spiro atoms. The van der Waals surface area contributed by atoms with Crippen LogP contribution in [0.1, 0.15) is 27.8 Å². The molecule has 1 aliphatic heterocycles. The van der Waals surface area contributed by atoms with Crippen molar-refractivity contribution in [2.75, 3.05) is 31.1 Å². The quantitative estimate of drug-likeness (QED) is 0.824. The lowest BCUT2D eigenvalue weighted by atomic mass is 10.0. The van der Waals surface area contributed by atoms with Gasteiger partial charge in [-0.05, 0) is 69.0 Å². The van der Waals surface area contributed by atoms with E-state index in [1.54, 1.807) is 16.4 Å². The lowest BCUT2D eigenvalue weighted by molar-refractivity contribution is 0.384. The smallest absolute Gasteiger partial charge is 0.243 e. The number of hydrogen-bond donors (Lipinski definition) is 0. The third-order valence-electron chi connectivity index (χ3n) is 5.31. The Morgan fingerprint density at radius 2 is 1.31 bits per heavy atom. The lowest BCUT2D eigenvalue weighted by Gasteiger charge is -2.37. The molecule has 2 aromatic rings. The molecule has 26 heavy (non-hydrogen) atoms. The number of piperazine rings is 1. The topological polar surface area (TPSA) is 40.6 Å². The van der Waals surface area contributed by atoms with Gasteiger partial charge in [0.25, 0.3) is 0 Å². The summed E-state index contributed by atoms with van der Waals surface area (Å²) in [4.78, 5) is 2.72. The van der Waals surface area contributed by atoms with Crippen molar-refractivity contribution in [2.45, 2.75) is 39.5 Å². The van der Waals surface area contributed by atoms with Crippen LogP contribution in [0.5, 0.6) is 0 Å². The zero-order chi connectivity index (χ0) is 19.1. The van der Waals surface area contributed by atoms with Gasteiger partial charge in [-0.15, -0.1) is 0 Å². The maximum absolute atomic E-state index is 13.0. The molecule has 0 bridgehead atoms. The van der Waals surface area contributed by atoms with Crippen LogP contribution in [-0.4, -0.2) is 38.9 Å². The predicted molar refractivity (Wildman–Crippen MR) is 108 cm³/mol. The van der Waals surface area contributed by atoms with Gasteiger partial charge in [0.2, 0.25) is 10.0 Å². The number of benzene rings is 2. The van der Waals surface area contributed by atoms with Crippen LogP contribution < -0.4 is 4.90 Å². The largest absolute Gasteiger partial charge is 0.368 e. The molecular formula is C21H28N2O2S. The van der Waals surface area contributed by atoms with Gasteiger partial charge in [0.1, 0.15) is 0 Å². The SMILES string of the molecule is Cc1cc(C)c(N2CCN(S(=O)(=O)c3ccc(C)c(C)c3)CC2)c(C)c1. The fraction of sp³-hybridized carbons (Fsp3) is 0.429. The highest BCUT2D eigenvalue weighted by Gasteiger charge is 2.29. The number of anilines is 1. The van der Waals surface area contributed by atoms with Gasteiger partial charge in [-0.2, -0.15) is 4.31 Å². The third kappa shape index (κ3) is 3.51. The van der Waals surface area contributed by atoms with Gasteiger partial charge >= 0.3 is 0 Å². The molecule has 0 amide bonds. The molecule has 4 nitrogen and oxygen atoms in total. The van der Waals surface area contributed by atoms with Crippen molar-refractivity contribution in [1.82, 2.24) is 4.31 Å². The Kier molecular flexibility index (Phi) is 5.13. The summed E-state index contributed by atoms with van der Waals surface area (Å²) in [6.45, 7) is 12.8. The van der Waals surface area contributed by atoms with Crippen molar-refractivity contribution in [1.29, 1.82) is 0 Å². The second-order valence-corrected chi connectivity index (χ2v) is 9.32. The Morgan fingerprint density at radius 1 is 0.731 bits per heavy atom. The molecular weight excluding hydrogens is 344 g/mol. The highest BCUT2D eigenvalue weighted by Crippen LogP contribution is 2.28. The van der Waals surface area contributed by atoms with Crippen LogP contribution in [0.2, 0.25) is 0 Å².